The largest absolute Gasteiger partial charge is 0.447 e. The van der Waals surface area contributed by atoms with Gasteiger partial charge in [-0.25, -0.2) is 0 Å². The monoisotopic (exact) mass is 356 g/mol. The first kappa shape index (κ1) is 16.6. The van der Waals surface area contributed by atoms with Crippen LogP contribution in [0, 0.1) is 12.8 Å². The summed E-state index contributed by atoms with van der Waals surface area (Å²) in [4.78, 5) is 15.1. The molecule has 2 aromatic rings. The Morgan fingerprint density at radius 2 is 1.96 bits per heavy atom. The molecule has 0 aliphatic carbocycles. The van der Waals surface area contributed by atoms with Crippen LogP contribution >= 0.6 is 11.3 Å². The number of hydrogen-bond donors (Lipinski definition) is 1. The van der Waals surface area contributed by atoms with E-state index < -0.39 is 0 Å². The minimum Gasteiger partial charge on any atom is -0.447 e. The molecule has 132 valence electrons. The molecule has 25 heavy (non-hydrogen) atoms. The molecule has 4 nitrogen and oxygen atoms in total. The van der Waals surface area contributed by atoms with Crippen LogP contribution in [0.3, 0.4) is 0 Å². The van der Waals surface area contributed by atoms with Gasteiger partial charge in [0.15, 0.2) is 5.06 Å². The van der Waals surface area contributed by atoms with Crippen molar-refractivity contribution in [2.75, 3.05) is 13.1 Å². The van der Waals surface area contributed by atoms with Crippen LogP contribution in [0.25, 0.3) is 0 Å². The van der Waals surface area contributed by atoms with Crippen LogP contribution in [-0.4, -0.2) is 36.0 Å². The molecule has 2 bridgehead atoms. The van der Waals surface area contributed by atoms with Crippen molar-refractivity contribution < 1.29 is 9.53 Å². The zero-order chi connectivity index (χ0) is 17.4. The summed E-state index contributed by atoms with van der Waals surface area (Å²) in [5, 5.41) is 6.20. The normalized spacial score (nSPS) is 27.9. The Kier molecular flexibility index (Phi) is 4.52. The summed E-state index contributed by atoms with van der Waals surface area (Å²) >= 11 is 1.58. The van der Waals surface area contributed by atoms with Crippen molar-refractivity contribution in [2.45, 2.75) is 38.8 Å². The fraction of sp³-hybridized carbons (Fsp3) is 0.450. The first-order valence-electron chi connectivity index (χ1n) is 8.98. The topological polar surface area (TPSA) is 41.6 Å². The maximum absolute atomic E-state index is 12.6. The van der Waals surface area contributed by atoms with Gasteiger partial charge in [-0.05, 0) is 87.0 Å². The van der Waals surface area contributed by atoms with Gasteiger partial charge in [-0.1, -0.05) is 0 Å². The van der Waals surface area contributed by atoms with E-state index >= 15 is 0 Å². The summed E-state index contributed by atoms with van der Waals surface area (Å²) in [6, 6.07) is 10.1. The highest BCUT2D eigenvalue weighted by Gasteiger charge is 2.40. The number of nitrogens with zero attached hydrogens (tertiary/aromatic N) is 1. The molecule has 1 amide bonds. The molecule has 5 heteroatoms. The average Bonchev–Trinajstić information content (AvgIpc) is 3.04. The van der Waals surface area contributed by atoms with Crippen molar-refractivity contribution in [1.82, 2.24) is 10.2 Å². The third-order valence-electron chi connectivity index (χ3n) is 5.52. The lowest BCUT2D eigenvalue weighted by molar-refractivity contribution is 0.0217. The van der Waals surface area contributed by atoms with E-state index in [0.717, 1.165) is 10.8 Å². The van der Waals surface area contributed by atoms with Gasteiger partial charge in [0.2, 0.25) is 0 Å². The predicted octanol–water partition coefficient (Wildman–Crippen LogP) is 4.06. The number of thiophene rings is 1. The van der Waals surface area contributed by atoms with E-state index in [0.29, 0.717) is 17.5 Å². The van der Waals surface area contributed by atoms with Gasteiger partial charge >= 0.3 is 0 Å². The summed E-state index contributed by atoms with van der Waals surface area (Å²) in [5.74, 6) is 1.40. The van der Waals surface area contributed by atoms with Gasteiger partial charge in [0.05, 0.1) is 0 Å². The number of hydrogen-bond acceptors (Lipinski definition) is 4. The number of aryl methyl sites for hydroxylation is 1. The Labute approximate surface area is 152 Å². The first-order chi connectivity index (χ1) is 12.1. The lowest BCUT2D eigenvalue weighted by Gasteiger charge is -2.49. The Morgan fingerprint density at radius 1 is 1.24 bits per heavy atom. The van der Waals surface area contributed by atoms with Crippen molar-refractivity contribution in [2.24, 2.45) is 5.92 Å². The molecule has 1 aromatic heterocycles. The van der Waals surface area contributed by atoms with Crippen molar-refractivity contribution in [1.29, 1.82) is 0 Å². The summed E-state index contributed by atoms with van der Waals surface area (Å²) in [7, 11) is 0. The second kappa shape index (κ2) is 6.81. The fourth-order valence-corrected chi connectivity index (χ4v) is 4.80. The molecule has 0 spiro atoms. The molecule has 4 heterocycles. The number of fused-ring (bicyclic) bond motifs is 3. The van der Waals surface area contributed by atoms with Gasteiger partial charge in [0, 0.05) is 17.6 Å². The van der Waals surface area contributed by atoms with Crippen LogP contribution < -0.4 is 10.1 Å². The van der Waals surface area contributed by atoms with Gasteiger partial charge < -0.3 is 10.1 Å². The van der Waals surface area contributed by atoms with Crippen LogP contribution in [0.4, 0.5) is 0 Å². The molecule has 1 N–H and O–H groups in total. The molecule has 0 radical (unpaired) electrons. The smallest absolute Gasteiger partial charge is 0.251 e. The van der Waals surface area contributed by atoms with E-state index in [2.05, 4.69) is 22.5 Å². The van der Waals surface area contributed by atoms with Gasteiger partial charge in [0.25, 0.3) is 5.91 Å². The van der Waals surface area contributed by atoms with Crippen molar-refractivity contribution >= 4 is 17.2 Å². The highest BCUT2D eigenvalue weighted by molar-refractivity contribution is 7.12. The van der Waals surface area contributed by atoms with Crippen LogP contribution in [0.2, 0.25) is 0 Å². The second-order valence-corrected chi connectivity index (χ2v) is 8.06. The maximum Gasteiger partial charge on any atom is 0.251 e. The molecule has 3 saturated heterocycles. The zero-order valence-electron chi connectivity index (χ0n) is 14.7. The van der Waals surface area contributed by atoms with Gasteiger partial charge in [0.1, 0.15) is 5.75 Å². The SMILES string of the molecule is Cc1csc(Oc2ccc(C(=O)N[C@@H]3C4CCN(CC4)[C@H]3C)cc2)c1. The minimum absolute atomic E-state index is 0.0177. The fourth-order valence-electron chi connectivity index (χ4n) is 4.03. The number of carbonyl (C=O) groups excluding carboxylic acids is 1. The molecule has 1 aromatic carbocycles. The van der Waals surface area contributed by atoms with E-state index in [1.165, 1.54) is 31.5 Å². The number of piperidine rings is 3. The number of nitrogens with one attached hydrogen (secondary N) is 1. The molecule has 2 atom stereocenters. The predicted molar refractivity (Wildman–Crippen MR) is 101 cm³/mol. The maximum atomic E-state index is 12.6. The van der Waals surface area contributed by atoms with Crippen LogP contribution in [-0.2, 0) is 0 Å². The lowest BCUT2D eigenvalue weighted by atomic mass is 9.79. The number of ether oxygens (including phenoxy) is 1. The Bertz CT molecular complexity index is 745. The number of rotatable bonds is 4. The summed E-state index contributed by atoms with van der Waals surface area (Å²) in [6.07, 6.45) is 2.39. The number of benzene rings is 1. The molecule has 3 aliphatic rings. The molecule has 0 saturated carbocycles. The Morgan fingerprint density at radius 3 is 2.56 bits per heavy atom. The lowest BCUT2D eigenvalue weighted by Crippen LogP contribution is -2.62. The van der Waals surface area contributed by atoms with E-state index in [1.54, 1.807) is 11.3 Å². The molecule has 5 rings (SSSR count). The summed E-state index contributed by atoms with van der Waals surface area (Å²) in [6.45, 7) is 6.63. The van der Waals surface area contributed by atoms with E-state index in [4.69, 9.17) is 4.74 Å². The van der Waals surface area contributed by atoms with Gasteiger partial charge in [-0.2, -0.15) is 0 Å². The highest BCUT2D eigenvalue weighted by Crippen LogP contribution is 2.32. The number of amides is 1. The average molecular weight is 356 g/mol. The summed E-state index contributed by atoms with van der Waals surface area (Å²) < 4.78 is 5.82. The van der Waals surface area contributed by atoms with Crippen LogP contribution in [0.5, 0.6) is 10.8 Å². The quantitative estimate of drug-likeness (QED) is 0.898. The van der Waals surface area contributed by atoms with Crippen molar-refractivity contribution in [3.63, 3.8) is 0 Å². The first-order valence-corrected chi connectivity index (χ1v) is 9.86. The third-order valence-corrected chi connectivity index (χ3v) is 6.44. The minimum atomic E-state index is 0.0177. The van der Waals surface area contributed by atoms with Gasteiger partial charge in [-0.3, -0.25) is 9.69 Å². The number of carbonyl (C=O) groups is 1. The Hall–Kier alpha value is -1.85. The highest BCUT2D eigenvalue weighted by atomic mass is 32.1. The van der Waals surface area contributed by atoms with E-state index in [1.807, 2.05) is 37.3 Å². The van der Waals surface area contributed by atoms with Crippen LogP contribution in [0.1, 0.15) is 35.7 Å². The molecule has 3 aliphatic heterocycles. The standard InChI is InChI=1S/C20H24N2O2S/c1-13-11-18(25-12-13)24-17-5-3-16(4-6-17)20(23)21-19-14(2)22-9-7-15(19)8-10-22/h3-6,11-12,14-15,19H,7-10H2,1-2H3,(H,21,23)/t14-,19-/m0/s1. The third kappa shape index (κ3) is 3.44. The molecule has 0 unspecified atom stereocenters. The van der Waals surface area contributed by atoms with Crippen LogP contribution in [0.15, 0.2) is 35.7 Å². The van der Waals surface area contributed by atoms with Gasteiger partial charge in [-0.15, -0.1) is 11.3 Å². The molecular formula is C20H24N2O2S. The summed E-state index contributed by atoms with van der Waals surface area (Å²) in [5.41, 5.74) is 1.89. The van der Waals surface area contributed by atoms with E-state index in [9.17, 15) is 4.79 Å². The Balaban J connectivity index is 1.40. The van der Waals surface area contributed by atoms with Crippen molar-refractivity contribution in [3.8, 4) is 10.8 Å². The molecule has 3 fully saturated rings. The second-order valence-electron chi connectivity index (χ2n) is 7.18. The van der Waals surface area contributed by atoms with E-state index in [-0.39, 0.29) is 11.9 Å². The molecular weight excluding hydrogens is 332 g/mol. The van der Waals surface area contributed by atoms with Crippen molar-refractivity contribution in [3.05, 3.63) is 46.8 Å². The zero-order valence-corrected chi connectivity index (χ0v) is 15.5.